The molecule has 1 aromatic carbocycles. The lowest BCUT2D eigenvalue weighted by Gasteiger charge is -2.32. The van der Waals surface area contributed by atoms with Gasteiger partial charge in [-0.3, -0.25) is 9.88 Å². The van der Waals surface area contributed by atoms with Crippen LogP contribution in [0, 0.1) is 0 Å². The SMILES string of the molecule is CC(C)(C)n1nnnc1[C@@H](c1ccccn1)N(Cc1ccccc1)Cc1cccs1. The Kier molecular flexibility index (Phi) is 6.01. The Morgan fingerprint density at radius 1 is 0.967 bits per heavy atom. The van der Waals surface area contributed by atoms with Crippen molar-refractivity contribution in [2.45, 2.75) is 45.4 Å². The predicted molar refractivity (Wildman–Crippen MR) is 119 cm³/mol. The monoisotopic (exact) mass is 418 g/mol. The van der Waals surface area contributed by atoms with E-state index in [-0.39, 0.29) is 11.6 Å². The van der Waals surface area contributed by atoms with E-state index in [4.69, 9.17) is 4.98 Å². The summed E-state index contributed by atoms with van der Waals surface area (Å²) >= 11 is 1.76. The first-order valence-corrected chi connectivity index (χ1v) is 10.9. The van der Waals surface area contributed by atoms with Crippen LogP contribution < -0.4 is 0 Å². The lowest BCUT2D eigenvalue weighted by atomic mass is 10.1. The average Bonchev–Trinajstić information content (AvgIpc) is 3.42. The largest absolute Gasteiger partial charge is 0.279 e. The van der Waals surface area contributed by atoms with Crippen molar-refractivity contribution in [1.82, 2.24) is 30.1 Å². The lowest BCUT2D eigenvalue weighted by molar-refractivity contribution is 0.184. The number of hydrogen-bond acceptors (Lipinski definition) is 6. The first kappa shape index (κ1) is 20.4. The molecule has 4 aromatic rings. The van der Waals surface area contributed by atoms with Crippen LogP contribution in [0.15, 0.2) is 72.2 Å². The molecule has 30 heavy (non-hydrogen) atoms. The van der Waals surface area contributed by atoms with Gasteiger partial charge in [0.15, 0.2) is 5.82 Å². The van der Waals surface area contributed by atoms with E-state index >= 15 is 0 Å². The summed E-state index contributed by atoms with van der Waals surface area (Å²) in [4.78, 5) is 8.40. The van der Waals surface area contributed by atoms with Gasteiger partial charge >= 0.3 is 0 Å². The molecule has 0 saturated carbocycles. The number of benzene rings is 1. The topological polar surface area (TPSA) is 59.7 Å². The van der Waals surface area contributed by atoms with Gasteiger partial charge in [-0.15, -0.1) is 16.4 Å². The van der Waals surface area contributed by atoms with Gasteiger partial charge in [-0.2, -0.15) is 0 Å². The fourth-order valence-electron chi connectivity index (χ4n) is 3.52. The van der Waals surface area contributed by atoms with Crippen LogP contribution in [-0.4, -0.2) is 30.1 Å². The van der Waals surface area contributed by atoms with Crippen molar-refractivity contribution in [2.24, 2.45) is 0 Å². The van der Waals surface area contributed by atoms with Crippen LogP contribution in [0.4, 0.5) is 0 Å². The van der Waals surface area contributed by atoms with E-state index in [9.17, 15) is 0 Å². The third-order valence-corrected chi connectivity index (χ3v) is 5.74. The van der Waals surface area contributed by atoms with Gasteiger partial charge < -0.3 is 0 Å². The minimum atomic E-state index is -0.243. The minimum absolute atomic E-state index is 0.178. The number of rotatable bonds is 7. The van der Waals surface area contributed by atoms with E-state index < -0.39 is 0 Å². The van der Waals surface area contributed by atoms with Gasteiger partial charge in [0.25, 0.3) is 0 Å². The number of hydrogen-bond donors (Lipinski definition) is 0. The van der Waals surface area contributed by atoms with Crippen molar-refractivity contribution in [3.8, 4) is 0 Å². The maximum atomic E-state index is 4.70. The molecule has 3 aromatic heterocycles. The normalized spacial score (nSPS) is 12.9. The zero-order valence-electron chi connectivity index (χ0n) is 17.5. The molecule has 1 atom stereocenters. The Morgan fingerprint density at radius 3 is 2.43 bits per heavy atom. The maximum Gasteiger partial charge on any atom is 0.175 e. The molecule has 0 bridgehead atoms. The van der Waals surface area contributed by atoms with Crippen LogP contribution in [0.1, 0.15) is 48.8 Å². The van der Waals surface area contributed by atoms with E-state index in [1.165, 1.54) is 10.4 Å². The fraction of sp³-hybridized carbons (Fsp3) is 0.304. The fourth-order valence-corrected chi connectivity index (χ4v) is 4.25. The van der Waals surface area contributed by atoms with Crippen LogP contribution in [0.2, 0.25) is 0 Å². The van der Waals surface area contributed by atoms with E-state index in [1.54, 1.807) is 11.3 Å². The highest BCUT2D eigenvalue weighted by atomic mass is 32.1. The van der Waals surface area contributed by atoms with Crippen LogP contribution in [0.3, 0.4) is 0 Å². The molecule has 0 spiro atoms. The van der Waals surface area contributed by atoms with Crippen LogP contribution in [0.25, 0.3) is 0 Å². The second-order valence-corrected chi connectivity index (χ2v) is 9.28. The number of nitrogens with zero attached hydrogens (tertiary/aromatic N) is 6. The van der Waals surface area contributed by atoms with Crippen molar-refractivity contribution in [3.05, 3.63) is 94.2 Å². The van der Waals surface area contributed by atoms with Gasteiger partial charge in [-0.25, -0.2) is 4.68 Å². The summed E-state index contributed by atoms with van der Waals surface area (Å²) < 4.78 is 1.92. The third kappa shape index (κ3) is 4.63. The van der Waals surface area contributed by atoms with Crippen molar-refractivity contribution in [2.75, 3.05) is 0 Å². The van der Waals surface area contributed by atoms with Gasteiger partial charge in [0.2, 0.25) is 0 Å². The number of thiophene rings is 1. The summed E-state index contributed by atoms with van der Waals surface area (Å²) in [6.07, 6.45) is 1.83. The highest BCUT2D eigenvalue weighted by molar-refractivity contribution is 7.09. The third-order valence-electron chi connectivity index (χ3n) is 4.87. The van der Waals surface area contributed by atoms with Crippen molar-refractivity contribution in [3.63, 3.8) is 0 Å². The molecule has 0 aliphatic heterocycles. The molecular weight excluding hydrogens is 392 g/mol. The quantitative estimate of drug-likeness (QED) is 0.436. The van der Waals surface area contributed by atoms with Crippen LogP contribution in [0.5, 0.6) is 0 Å². The van der Waals surface area contributed by atoms with Crippen LogP contribution >= 0.6 is 11.3 Å². The molecule has 0 radical (unpaired) electrons. The summed E-state index contributed by atoms with van der Waals surface area (Å²) in [5, 5.41) is 14.9. The molecule has 0 saturated heterocycles. The molecule has 7 heteroatoms. The molecule has 0 aliphatic carbocycles. The van der Waals surface area contributed by atoms with Crippen LogP contribution in [-0.2, 0) is 18.6 Å². The standard InChI is InChI=1S/C23H26N6S/c1-23(2,3)29-22(25-26-27-29)21(20-13-7-8-14-24-20)28(17-19-12-9-15-30-19)16-18-10-5-4-6-11-18/h4-15,21H,16-17H2,1-3H3/t21-/m1/s1. The first-order valence-electron chi connectivity index (χ1n) is 10.0. The Bertz CT molecular complexity index is 1040. The Hall–Kier alpha value is -2.90. The predicted octanol–water partition coefficient (Wildman–Crippen LogP) is 4.68. The molecule has 0 fully saturated rings. The molecule has 4 rings (SSSR count). The molecule has 0 aliphatic rings. The van der Waals surface area contributed by atoms with Crippen molar-refractivity contribution < 1.29 is 0 Å². The van der Waals surface area contributed by atoms with Gasteiger partial charge in [-0.1, -0.05) is 42.5 Å². The summed E-state index contributed by atoms with van der Waals surface area (Å²) in [5.74, 6) is 0.800. The Labute approximate surface area is 181 Å². The average molecular weight is 419 g/mol. The molecule has 6 nitrogen and oxygen atoms in total. The van der Waals surface area contributed by atoms with Gasteiger partial charge in [0, 0.05) is 24.2 Å². The van der Waals surface area contributed by atoms with E-state index in [1.807, 2.05) is 29.1 Å². The van der Waals surface area contributed by atoms with E-state index in [0.717, 1.165) is 24.6 Å². The molecule has 154 valence electrons. The highest BCUT2D eigenvalue weighted by Crippen LogP contribution is 2.31. The van der Waals surface area contributed by atoms with Crippen molar-refractivity contribution >= 4 is 11.3 Å². The summed E-state index contributed by atoms with van der Waals surface area (Å²) in [5.41, 5.74) is 1.93. The highest BCUT2D eigenvalue weighted by Gasteiger charge is 2.32. The first-order chi connectivity index (χ1) is 14.5. The number of pyridine rings is 1. The maximum absolute atomic E-state index is 4.70. The lowest BCUT2D eigenvalue weighted by Crippen LogP contribution is -2.35. The van der Waals surface area contributed by atoms with E-state index in [0.29, 0.717) is 0 Å². The number of tetrazole rings is 1. The molecule has 3 heterocycles. The second kappa shape index (κ2) is 8.85. The Balaban J connectivity index is 1.82. The van der Waals surface area contributed by atoms with E-state index in [2.05, 4.69) is 89.0 Å². The zero-order chi connectivity index (χ0) is 21.0. The smallest absolute Gasteiger partial charge is 0.175 e. The summed E-state index contributed by atoms with van der Waals surface area (Å²) in [6.45, 7) is 7.89. The molecule has 0 amide bonds. The minimum Gasteiger partial charge on any atom is -0.279 e. The van der Waals surface area contributed by atoms with Crippen molar-refractivity contribution in [1.29, 1.82) is 0 Å². The van der Waals surface area contributed by atoms with Gasteiger partial charge in [0.1, 0.15) is 6.04 Å². The molecule has 0 N–H and O–H groups in total. The zero-order valence-corrected chi connectivity index (χ0v) is 18.3. The molecule has 0 unspecified atom stereocenters. The Morgan fingerprint density at radius 2 is 1.77 bits per heavy atom. The second-order valence-electron chi connectivity index (χ2n) is 8.25. The van der Waals surface area contributed by atoms with Gasteiger partial charge in [0.05, 0.1) is 11.2 Å². The molecular formula is C23H26N6S. The summed E-state index contributed by atoms with van der Waals surface area (Å²) in [7, 11) is 0. The number of aromatic nitrogens is 5. The van der Waals surface area contributed by atoms with Gasteiger partial charge in [-0.05, 0) is 60.3 Å². The summed E-state index contributed by atoms with van der Waals surface area (Å²) in [6, 6.07) is 20.6.